The lowest BCUT2D eigenvalue weighted by Gasteiger charge is -2.13. The van der Waals surface area contributed by atoms with Crippen molar-refractivity contribution in [3.8, 4) is 11.8 Å². The van der Waals surface area contributed by atoms with E-state index in [1.165, 1.54) is 0 Å². The number of ketones is 1. The number of hydrogen-bond acceptors (Lipinski definition) is 3. The van der Waals surface area contributed by atoms with Crippen LogP contribution in [0.25, 0.3) is 0 Å². The number of unbranched alkanes of at least 4 members (excludes halogenated alkanes) is 1. The molecule has 0 N–H and O–H groups in total. The Balaban J connectivity index is 3.95. The third-order valence-electron chi connectivity index (χ3n) is 2.15. The molecule has 1 atom stereocenters. The lowest BCUT2D eigenvalue weighted by molar-refractivity contribution is -0.119. The molecular formula is C12H21O3P. The predicted octanol–water partition coefficient (Wildman–Crippen LogP) is 2.99. The summed E-state index contributed by atoms with van der Waals surface area (Å²) in [7, 11) is 2.08. The van der Waals surface area contributed by atoms with Crippen molar-refractivity contribution in [3.63, 3.8) is 0 Å². The molecule has 0 aliphatic heterocycles. The molecule has 4 heteroatoms. The van der Waals surface area contributed by atoms with Crippen molar-refractivity contribution in [3.05, 3.63) is 0 Å². The minimum absolute atomic E-state index is 0.0281. The Kier molecular flexibility index (Phi) is 9.52. The summed E-state index contributed by atoms with van der Waals surface area (Å²) in [6.07, 6.45) is 2.96. The lowest BCUT2D eigenvalue weighted by atomic mass is 10.0. The van der Waals surface area contributed by atoms with Crippen LogP contribution in [-0.2, 0) is 13.8 Å². The zero-order valence-electron chi connectivity index (χ0n) is 10.6. The number of Topliss-reactive ketones (excluding diaryl/α,β-unsaturated/α-hetero) is 1. The standard InChI is InChI=1S/C12H21O3P/c1-5-6-7-8-9-11(2)12(13)10-16(14-3)15-4/h11H,5-6,9-10H2,1-4H3/t11-/m0/s1. The Hall–Kier alpha value is -0.420. The maximum absolute atomic E-state index is 11.7. The highest BCUT2D eigenvalue weighted by Gasteiger charge is 2.18. The molecule has 0 heterocycles. The Morgan fingerprint density at radius 2 is 1.94 bits per heavy atom. The van der Waals surface area contributed by atoms with Crippen molar-refractivity contribution in [2.75, 3.05) is 20.4 Å². The second kappa shape index (κ2) is 9.78. The van der Waals surface area contributed by atoms with Gasteiger partial charge in [-0.3, -0.25) is 4.79 Å². The minimum Gasteiger partial charge on any atom is -0.337 e. The molecule has 0 aromatic rings. The average Bonchev–Trinajstić information content (AvgIpc) is 2.30. The third kappa shape index (κ3) is 6.95. The lowest BCUT2D eigenvalue weighted by Crippen LogP contribution is -2.14. The Morgan fingerprint density at radius 1 is 1.31 bits per heavy atom. The van der Waals surface area contributed by atoms with E-state index in [9.17, 15) is 4.79 Å². The van der Waals surface area contributed by atoms with Crippen LogP contribution in [0.3, 0.4) is 0 Å². The number of carbonyl (C=O) groups is 1. The number of rotatable bonds is 7. The molecule has 16 heavy (non-hydrogen) atoms. The van der Waals surface area contributed by atoms with E-state index in [2.05, 4.69) is 18.8 Å². The molecule has 0 aromatic carbocycles. The van der Waals surface area contributed by atoms with Gasteiger partial charge in [-0.05, 0) is 6.42 Å². The van der Waals surface area contributed by atoms with Crippen LogP contribution in [0.5, 0.6) is 0 Å². The van der Waals surface area contributed by atoms with Crippen molar-refractivity contribution in [2.45, 2.75) is 33.1 Å². The summed E-state index contributed by atoms with van der Waals surface area (Å²) in [5, 5.41) is 0. The molecule has 0 unspecified atom stereocenters. The molecule has 0 bridgehead atoms. The molecule has 0 rings (SSSR count). The highest BCUT2D eigenvalue weighted by atomic mass is 31.2. The van der Waals surface area contributed by atoms with Crippen molar-refractivity contribution >= 4 is 14.2 Å². The summed E-state index contributed by atoms with van der Waals surface area (Å²) in [5.74, 6) is 6.21. The highest BCUT2D eigenvalue weighted by molar-refractivity contribution is 7.48. The van der Waals surface area contributed by atoms with E-state index in [0.29, 0.717) is 12.6 Å². The van der Waals surface area contributed by atoms with Crippen LogP contribution in [-0.4, -0.2) is 26.2 Å². The van der Waals surface area contributed by atoms with E-state index in [1.807, 2.05) is 6.92 Å². The van der Waals surface area contributed by atoms with Gasteiger partial charge in [0.1, 0.15) is 5.78 Å². The molecule has 0 aliphatic carbocycles. The summed E-state index contributed by atoms with van der Waals surface area (Å²) < 4.78 is 10.1. The number of hydrogen-bond donors (Lipinski definition) is 0. The highest BCUT2D eigenvalue weighted by Crippen LogP contribution is 2.36. The molecule has 3 nitrogen and oxygen atoms in total. The van der Waals surface area contributed by atoms with Crippen LogP contribution in [0.15, 0.2) is 0 Å². The summed E-state index contributed by atoms with van der Waals surface area (Å²) in [5.41, 5.74) is 0. The Labute approximate surface area is 99.8 Å². The molecule has 0 aromatic heterocycles. The van der Waals surface area contributed by atoms with Crippen molar-refractivity contribution in [1.29, 1.82) is 0 Å². The van der Waals surface area contributed by atoms with Gasteiger partial charge in [0.15, 0.2) is 8.38 Å². The van der Waals surface area contributed by atoms with E-state index < -0.39 is 8.38 Å². The van der Waals surface area contributed by atoms with Gasteiger partial charge in [-0.25, -0.2) is 0 Å². The van der Waals surface area contributed by atoms with Gasteiger partial charge >= 0.3 is 0 Å². The summed E-state index contributed by atoms with van der Waals surface area (Å²) in [6, 6.07) is 0. The second-order valence-electron chi connectivity index (χ2n) is 3.53. The van der Waals surface area contributed by atoms with Crippen LogP contribution in [0, 0.1) is 17.8 Å². The summed E-state index contributed by atoms with van der Waals surface area (Å²) in [6.45, 7) is 4.00. The fraction of sp³-hybridized carbons (Fsp3) is 0.750. The van der Waals surface area contributed by atoms with Gasteiger partial charge in [-0.15, -0.1) is 11.8 Å². The van der Waals surface area contributed by atoms with Gasteiger partial charge < -0.3 is 9.05 Å². The summed E-state index contributed by atoms with van der Waals surface area (Å²) >= 11 is 0. The topological polar surface area (TPSA) is 35.5 Å². The fourth-order valence-electron chi connectivity index (χ4n) is 1.04. The van der Waals surface area contributed by atoms with Crippen molar-refractivity contribution in [2.24, 2.45) is 5.92 Å². The maximum Gasteiger partial charge on any atom is 0.177 e. The van der Waals surface area contributed by atoms with Gasteiger partial charge in [0, 0.05) is 33.0 Å². The molecule has 0 amide bonds. The van der Waals surface area contributed by atoms with Gasteiger partial charge in [0.05, 0.1) is 6.16 Å². The fourth-order valence-corrected chi connectivity index (χ4v) is 2.01. The first-order valence-corrected chi connectivity index (χ1v) is 6.86. The first kappa shape index (κ1) is 15.6. The van der Waals surface area contributed by atoms with Gasteiger partial charge in [-0.2, -0.15) is 0 Å². The second-order valence-corrected chi connectivity index (χ2v) is 5.24. The predicted molar refractivity (Wildman–Crippen MR) is 67.3 cm³/mol. The van der Waals surface area contributed by atoms with E-state index in [1.54, 1.807) is 14.2 Å². The maximum atomic E-state index is 11.7. The van der Waals surface area contributed by atoms with E-state index in [4.69, 9.17) is 9.05 Å². The van der Waals surface area contributed by atoms with Crippen LogP contribution >= 0.6 is 8.38 Å². The Morgan fingerprint density at radius 3 is 2.44 bits per heavy atom. The third-order valence-corrected chi connectivity index (χ3v) is 3.53. The zero-order valence-corrected chi connectivity index (χ0v) is 11.5. The van der Waals surface area contributed by atoms with Gasteiger partial charge in [-0.1, -0.05) is 13.8 Å². The molecule has 0 saturated carbocycles. The van der Waals surface area contributed by atoms with Crippen molar-refractivity contribution < 1.29 is 13.8 Å². The Bertz CT molecular complexity index is 251. The normalized spacial score (nSPS) is 12.1. The molecule has 0 radical (unpaired) electrons. The van der Waals surface area contributed by atoms with Crippen LogP contribution in [0.2, 0.25) is 0 Å². The van der Waals surface area contributed by atoms with E-state index >= 15 is 0 Å². The van der Waals surface area contributed by atoms with Gasteiger partial charge in [0.2, 0.25) is 0 Å². The SMILES string of the molecule is CCCC#CC[C@H](C)C(=O)CP(OC)OC. The van der Waals surface area contributed by atoms with Crippen molar-refractivity contribution in [1.82, 2.24) is 0 Å². The minimum atomic E-state index is -1.05. The summed E-state index contributed by atoms with van der Waals surface area (Å²) in [4.78, 5) is 11.7. The first-order valence-electron chi connectivity index (χ1n) is 5.49. The van der Waals surface area contributed by atoms with Crippen LogP contribution in [0.4, 0.5) is 0 Å². The molecule has 92 valence electrons. The van der Waals surface area contributed by atoms with E-state index in [0.717, 1.165) is 12.8 Å². The molecule has 0 aliphatic rings. The first-order chi connectivity index (χ1) is 7.65. The van der Waals surface area contributed by atoms with Crippen LogP contribution < -0.4 is 0 Å². The molecule has 0 fully saturated rings. The largest absolute Gasteiger partial charge is 0.337 e. The van der Waals surface area contributed by atoms with Gasteiger partial charge in [0.25, 0.3) is 0 Å². The zero-order chi connectivity index (χ0) is 12.4. The number of carbonyl (C=O) groups excluding carboxylic acids is 1. The average molecular weight is 244 g/mol. The molecular weight excluding hydrogens is 223 g/mol. The quantitative estimate of drug-likeness (QED) is 0.510. The monoisotopic (exact) mass is 244 g/mol. The molecule has 0 spiro atoms. The smallest absolute Gasteiger partial charge is 0.177 e. The van der Waals surface area contributed by atoms with E-state index in [-0.39, 0.29) is 11.7 Å². The molecule has 0 saturated heterocycles. The van der Waals surface area contributed by atoms with Crippen LogP contribution in [0.1, 0.15) is 33.1 Å².